The minimum atomic E-state index is -0.228. The Kier molecular flexibility index (Phi) is 2.97. The third-order valence-electron chi connectivity index (χ3n) is 2.57. The maximum absolute atomic E-state index is 11.5. The van der Waals surface area contributed by atoms with Gasteiger partial charge in [0, 0.05) is 18.4 Å². The summed E-state index contributed by atoms with van der Waals surface area (Å²) < 4.78 is 0. The Morgan fingerprint density at radius 2 is 2.40 bits per heavy atom. The van der Waals surface area contributed by atoms with E-state index in [-0.39, 0.29) is 18.1 Å². The lowest BCUT2D eigenvalue weighted by molar-refractivity contribution is -0.122. The van der Waals surface area contributed by atoms with E-state index in [0.29, 0.717) is 19.3 Å². The molecule has 1 aromatic heterocycles. The molecule has 0 atom stereocenters. The third kappa shape index (κ3) is 2.76. The largest absolute Gasteiger partial charge is 0.393 e. The van der Waals surface area contributed by atoms with Gasteiger partial charge in [0.15, 0.2) is 0 Å². The van der Waals surface area contributed by atoms with Gasteiger partial charge in [0.25, 0.3) is 0 Å². The lowest BCUT2D eigenvalue weighted by atomic mass is 9.89. The zero-order valence-corrected chi connectivity index (χ0v) is 8.39. The van der Waals surface area contributed by atoms with Crippen LogP contribution in [0.2, 0.25) is 0 Å². The molecule has 0 unspecified atom stereocenters. The highest BCUT2D eigenvalue weighted by Gasteiger charge is 2.28. The molecule has 15 heavy (non-hydrogen) atoms. The Morgan fingerprint density at radius 1 is 1.60 bits per heavy atom. The number of pyridine rings is 1. The van der Waals surface area contributed by atoms with Gasteiger partial charge in [0.1, 0.15) is 0 Å². The molecule has 80 valence electrons. The van der Waals surface area contributed by atoms with Crippen LogP contribution in [-0.4, -0.2) is 28.1 Å². The van der Waals surface area contributed by atoms with Crippen molar-refractivity contribution in [1.29, 1.82) is 0 Å². The zero-order chi connectivity index (χ0) is 10.7. The van der Waals surface area contributed by atoms with Crippen LogP contribution in [0.3, 0.4) is 0 Å². The first-order valence-corrected chi connectivity index (χ1v) is 5.10. The Hall–Kier alpha value is -1.42. The summed E-state index contributed by atoms with van der Waals surface area (Å²) >= 11 is 0. The smallest absolute Gasteiger partial charge is 0.224 e. The van der Waals surface area contributed by atoms with Crippen molar-refractivity contribution in [2.75, 3.05) is 0 Å². The van der Waals surface area contributed by atoms with Crippen LogP contribution >= 0.6 is 0 Å². The first kappa shape index (κ1) is 10.1. The Labute approximate surface area is 88.3 Å². The van der Waals surface area contributed by atoms with Crippen molar-refractivity contribution in [3.63, 3.8) is 0 Å². The second-order valence-corrected chi connectivity index (χ2v) is 3.93. The van der Waals surface area contributed by atoms with Gasteiger partial charge in [0.05, 0.1) is 12.5 Å². The second kappa shape index (κ2) is 4.40. The first-order valence-electron chi connectivity index (χ1n) is 5.10. The molecule has 1 aliphatic carbocycles. The molecule has 1 amide bonds. The maximum Gasteiger partial charge on any atom is 0.224 e. The molecule has 2 N–H and O–H groups in total. The van der Waals surface area contributed by atoms with Gasteiger partial charge in [-0.05, 0) is 24.5 Å². The van der Waals surface area contributed by atoms with Crippen LogP contribution in [-0.2, 0) is 11.2 Å². The number of rotatable bonds is 3. The lowest BCUT2D eigenvalue weighted by Gasteiger charge is -2.31. The van der Waals surface area contributed by atoms with Crippen LogP contribution in [0, 0.1) is 0 Å². The van der Waals surface area contributed by atoms with E-state index in [4.69, 9.17) is 5.11 Å². The van der Waals surface area contributed by atoms with Gasteiger partial charge >= 0.3 is 0 Å². The summed E-state index contributed by atoms with van der Waals surface area (Å²) in [6, 6.07) is 3.85. The van der Waals surface area contributed by atoms with Crippen molar-refractivity contribution in [3.05, 3.63) is 30.1 Å². The first-order chi connectivity index (χ1) is 7.24. The Bertz CT molecular complexity index is 334. The van der Waals surface area contributed by atoms with Gasteiger partial charge in [-0.25, -0.2) is 0 Å². The van der Waals surface area contributed by atoms with Gasteiger partial charge < -0.3 is 10.4 Å². The van der Waals surface area contributed by atoms with Crippen molar-refractivity contribution in [2.45, 2.75) is 31.4 Å². The normalized spacial score (nSPS) is 24.3. The molecule has 1 fully saturated rings. The van der Waals surface area contributed by atoms with Crippen LogP contribution in [0.15, 0.2) is 24.5 Å². The average Bonchev–Trinajstić information content (AvgIpc) is 2.17. The highest BCUT2D eigenvalue weighted by atomic mass is 16.3. The van der Waals surface area contributed by atoms with E-state index in [1.807, 2.05) is 12.1 Å². The molecule has 0 radical (unpaired) electrons. The van der Waals surface area contributed by atoms with E-state index < -0.39 is 0 Å². The van der Waals surface area contributed by atoms with E-state index in [1.165, 1.54) is 0 Å². The number of carbonyl (C=O) groups excluding carboxylic acids is 1. The van der Waals surface area contributed by atoms with Crippen LogP contribution in [0.5, 0.6) is 0 Å². The summed E-state index contributed by atoms with van der Waals surface area (Å²) in [6.45, 7) is 0. The summed E-state index contributed by atoms with van der Waals surface area (Å²) in [5.74, 6) is -0.0000926. The van der Waals surface area contributed by atoms with E-state index in [1.54, 1.807) is 12.4 Å². The number of nitrogens with one attached hydrogen (secondary N) is 1. The number of aliphatic hydroxyl groups is 1. The Morgan fingerprint density at radius 3 is 3.00 bits per heavy atom. The van der Waals surface area contributed by atoms with E-state index in [2.05, 4.69) is 10.3 Å². The van der Waals surface area contributed by atoms with E-state index >= 15 is 0 Å². The molecule has 4 heteroatoms. The summed E-state index contributed by atoms with van der Waals surface area (Å²) in [5, 5.41) is 11.9. The molecular formula is C11H14N2O2. The molecule has 1 heterocycles. The van der Waals surface area contributed by atoms with Gasteiger partial charge in [0.2, 0.25) is 5.91 Å². The molecule has 1 aromatic rings. The number of hydrogen-bond donors (Lipinski definition) is 2. The third-order valence-corrected chi connectivity index (χ3v) is 2.57. The van der Waals surface area contributed by atoms with Gasteiger partial charge in [-0.3, -0.25) is 9.78 Å². The fraction of sp³-hybridized carbons (Fsp3) is 0.455. The fourth-order valence-corrected chi connectivity index (χ4v) is 1.67. The number of carbonyl (C=O) groups is 1. The van der Waals surface area contributed by atoms with E-state index in [9.17, 15) is 4.79 Å². The standard InChI is InChI=1S/C11H14N2O2/c14-10-5-9(6-10)13-11(15)4-8-2-1-3-12-7-8/h1-3,7,9-10,14H,4-6H2,(H,13,15). The van der Waals surface area contributed by atoms with Crippen molar-refractivity contribution in [3.8, 4) is 0 Å². The van der Waals surface area contributed by atoms with Crippen molar-refractivity contribution in [2.24, 2.45) is 0 Å². The molecule has 0 aliphatic heterocycles. The zero-order valence-electron chi connectivity index (χ0n) is 8.39. The van der Waals surface area contributed by atoms with Crippen molar-refractivity contribution in [1.82, 2.24) is 10.3 Å². The summed E-state index contributed by atoms with van der Waals surface area (Å²) in [7, 11) is 0. The predicted octanol–water partition coefficient (Wildman–Crippen LogP) is 0.264. The van der Waals surface area contributed by atoms with Gasteiger partial charge in [-0.2, -0.15) is 0 Å². The molecule has 4 nitrogen and oxygen atoms in total. The topological polar surface area (TPSA) is 62.2 Å². The average molecular weight is 206 g/mol. The minimum absolute atomic E-state index is 0.0000926. The molecule has 1 aliphatic rings. The number of hydrogen-bond acceptors (Lipinski definition) is 3. The lowest BCUT2D eigenvalue weighted by Crippen LogP contribution is -2.47. The fourth-order valence-electron chi connectivity index (χ4n) is 1.67. The highest BCUT2D eigenvalue weighted by Crippen LogP contribution is 2.19. The molecule has 2 rings (SSSR count). The van der Waals surface area contributed by atoms with Crippen LogP contribution in [0.4, 0.5) is 0 Å². The number of aromatic nitrogens is 1. The van der Waals surface area contributed by atoms with Crippen LogP contribution < -0.4 is 5.32 Å². The minimum Gasteiger partial charge on any atom is -0.393 e. The molecular weight excluding hydrogens is 192 g/mol. The molecule has 0 aromatic carbocycles. The molecule has 0 spiro atoms. The molecule has 1 saturated carbocycles. The number of amides is 1. The quantitative estimate of drug-likeness (QED) is 0.746. The van der Waals surface area contributed by atoms with Gasteiger partial charge in [-0.1, -0.05) is 6.07 Å². The summed E-state index contributed by atoms with van der Waals surface area (Å²) in [6.07, 6.45) is 4.87. The predicted molar refractivity (Wildman–Crippen MR) is 55.1 cm³/mol. The van der Waals surface area contributed by atoms with Crippen LogP contribution in [0.1, 0.15) is 18.4 Å². The van der Waals surface area contributed by atoms with Crippen LogP contribution in [0.25, 0.3) is 0 Å². The SMILES string of the molecule is O=C(Cc1cccnc1)NC1CC(O)C1. The van der Waals surface area contributed by atoms with Crippen molar-refractivity contribution >= 4 is 5.91 Å². The molecule has 0 bridgehead atoms. The second-order valence-electron chi connectivity index (χ2n) is 3.93. The maximum atomic E-state index is 11.5. The highest BCUT2D eigenvalue weighted by molar-refractivity contribution is 5.78. The number of nitrogens with zero attached hydrogens (tertiary/aromatic N) is 1. The number of aliphatic hydroxyl groups excluding tert-OH is 1. The summed E-state index contributed by atoms with van der Waals surface area (Å²) in [5.41, 5.74) is 0.912. The Balaban J connectivity index is 1.78. The monoisotopic (exact) mass is 206 g/mol. The van der Waals surface area contributed by atoms with E-state index in [0.717, 1.165) is 5.56 Å². The van der Waals surface area contributed by atoms with Gasteiger partial charge in [-0.15, -0.1) is 0 Å². The van der Waals surface area contributed by atoms with Crippen molar-refractivity contribution < 1.29 is 9.90 Å². The summed E-state index contributed by atoms with van der Waals surface area (Å²) in [4.78, 5) is 15.4. The molecule has 0 saturated heterocycles.